The number of aromatic amines is 1. The second-order valence-corrected chi connectivity index (χ2v) is 6.59. The van der Waals surface area contributed by atoms with E-state index in [1.165, 1.54) is 5.39 Å². The van der Waals surface area contributed by atoms with E-state index in [9.17, 15) is 0 Å². The standard InChI is InChI=1S/C19H17N3OS/c1-12-16(21-11-20-12)9-18-22-17(10-24-18)15-8-7-13-5-3-4-6-14(13)19(15)23-2/h3-8,10-11H,9H2,1-2H3,(H,20,21). The van der Waals surface area contributed by atoms with Crippen LogP contribution in [0, 0.1) is 6.92 Å². The minimum absolute atomic E-state index is 0.746. The first-order chi connectivity index (χ1) is 11.8. The third-order valence-corrected chi connectivity index (χ3v) is 5.01. The van der Waals surface area contributed by atoms with Gasteiger partial charge in [0.25, 0.3) is 0 Å². The Balaban J connectivity index is 1.74. The van der Waals surface area contributed by atoms with Crippen molar-refractivity contribution in [1.82, 2.24) is 15.0 Å². The second-order valence-electron chi connectivity index (χ2n) is 5.64. The molecule has 0 saturated heterocycles. The van der Waals surface area contributed by atoms with Crippen LogP contribution >= 0.6 is 11.3 Å². The fourth-order valence-corrected chi connectivity index (χ4v) is 3.69. The molecule has 5 heteroatoms. The quantitative estimate of drug-likeness (QED) is 0.593. The van der Waals surface area contributed by atoms with Crippen LogP contribution in [0.2, 0.25) is 0 Å². The van der Waals surface area contributed by atoms with E-state index in [2.05, 4.69) is 39.6 Å². The zero-order chi connectivity index (χ0) is 16.5. The predicted octanol–water partition coefficient (Wildman–Crippen LogP) is 4.59. The Labute approximate surface area is 144 Å². The molecular formula is C19H17N3OS. The molecule has 24 heavy (non-hydrogen) atoms. The molecule has 4 nitrogen and oxygen atoms in total. The summed E-state index contributed by atoms with van der Waals surface area (Å²) in [7, 11) is 1.71. The Bertz CT molecular complexity index is 1000. The number of fused-ring (bicyclic) bond motifs is 1. The van der Waals surface area contributed by atoms with Crippen molar-refractivity contribution in [2.75, 3.05) is 7.11 Å². The molecule has 0 radical (unpaired) electrons. The van der Waals surface area contributed by atoms with Crippen LogP contribution in [0.25, 0.3) is 22.0 Å². The van der Waals surface area contributed by atoms with Crippen molar-refractivity contribution < 1.29 is 4.74 Å². The molecule has 0 aliphatic carbocycles. The number of aromatic nitrogens is 3. The van der Waals surface area contributed by atoms with Gasteiger partial charge in [0.2, 0.25) is 0 Å². The van der Waals surface area contributed by atoms with Crippen molar-refractivity contribution in [3.05, 3.63) is 64.5 Å². The van der Waals surface area contributed by atoms with Gasteiger partial charge >= 0.3 is 0 Å². The number of H-pyrrole nitrogens is 1. The number of methoxy groups -OCH3 is 1. The number of hydrogen-bond donors (Lipinski definition) is 1. The van der Waals surface area contributed by atoms with Crippen LogP contribution in [0.4, 0.5) is 0 Å². The van der Waals surface area contributed by atoms with Gasteiger partial charge in [0, 0.05) is 28.4 Å². The first-order valence-corrected chi connectivity index (χ1v) is 8.63. The maximum Gasteiger partial charge on any atom is 0.136 e. The van der Waals surface area contributed by atoms with Gasteiger partial charge in [-0.15, -0.1) is 11.3 Å². The van der Waals surface area contributed by atoms with Gasteiger partial charge in [0.05, 0.1) is 29.8 Å². The molecular weight excluding hydrogens is 318 g/mol. The zero-order valence-electron chi connectivity index (χ0n) is 13.5. The predicted molar refractivity (Wildman–Crippen MR) is 97.7 cm³/mol. The lowest BCUT2D eigenvalue weighted by atomic mass is 10.0. The molecule has 0 saturated carbocycles. The summed E-state index contributed by atoms with van der Waals surface area (Å²) in [6, 6.07) is 12.4. The average molecular weight is 335 g/mol. The SMILES string of the molecule is COc1c(-c2csc(Cc3nc[nH]c3C)n2)ccc2ccccc12. The number of nitrogens with zero attached hydrogens (tertiary/aromatic N) is 2. The van der Waals surface area contributed by atoms with E-state index in [4.69, 9.17) is 9.72 Å². The third-order valence-electron chi connectivity index (χ3n) is 4.16. The summed E-state index contributed by atoms with van der Waals surface area (Å²) in [6.45, 7) is 2.03. The molecule has 2 aromatic heterocycles. The fourth-order valence-electron chi connectivity index (χ4n) is 2.89. The molecule has 2 aromatic carbocycles. The summed E-state index contributed by atoms with van der Waals surface area (Å²) in [5.74, 6) is 0.876. The Morgan fingerprint density at radius 1 is 1.17 bits per heavy atom. The number of benzene rings is 2. The van der Waals surface area contributed by atoms with E-state index in [1.54, 1.807) is 24.8 Å². The van der Waals surface area contributed by atoms with Gasteiger partial charge in [0.15, 0.2) is 0 Å². The van der Waals surface area contributed by atoms with Crippen LogP contribution in [-0.4, -0.2) is 22.1 Å². The molecule has 0 spiro atoms. The lowest BCUT2D eigenvalue weighted by Gasteiger charge is -2.10. The molecule has 0 aliphatic heterocycles. The fraction of sp³-hybridized carbons (Fsp3) is 0.158. The second kappa shape index (κ2) is 6.09. The van der Waals surface area contributed by atoms with Crippen molar-refractivity contribution in [3.63, 3.8) is 0 Å². The van der Waals surface area contributed by atoms with Gasteiger partial charge in [-0.25, -0.2) is 9.97 Å². The largest absolute Gasteiger partial charge is 0.495 e. The number of imidazole rings is 1. The first-order valence-electron chi connectivity index (χ1n) is 7.75. The number of ether oxygens (including phenoxy) is 1. The van der Waals surface area contributed by atoms with Crippen LogP contribution in [-0.2, 0) is 6.42 Å². The Kier molecular flexibility index (Phi) is 3.78. The van der Waals surface area contributed by atoms with E-state index in [0.717, 1.165) is 45.2 Å². The molecule has 4 rings (SSSR count). The van der Waals surface area contributed by atoms with Gasteiger partial charge in [-0.2, -0.15) is 0 Å². The maximum absolute atomic E-state index is 5.69. The number of rotatable bonds is 4. The first kappa shape index (κ1) is 14.9. The lowest BCUT2D eigenvalue weighted by molar-refractivity contribution is 0.421. The van der Waals surface area contributed by atoms with Crippen LogP contribution in [0.15, 0.2) is 48.1 Å². The van der Waals surface area contributed by atoms with Crippen LogP contribution in [0.5, 0.6) is 5.75 Å². The van der Waals surface area contributed by atoms with Gasteiger partial charge in [-0.05, 0) is 18.4 Å². The van der Waals surface area contributed by atoms with Crippen molar-refractivity contribution >= 4 is 22.1 Å². The van der Waals surface area contributed by atoms with Crippen LogP contribution < -0.4 is 4.74 Å². The monoisotopic (exact) mass is 335 g/mol. The summed E-state index contributed by atoms with van der Waals surface area (Å²) in [6.07, 6.45) is 2.47. The molecule has 0 fully saturated rings. The summed E-state index contributed by atoms with van der Waals surface area (Å²) in [5, 5.41) is 5.41. The molecule has 1 N–H and O–H groups in total. The highest BCUT2D eigenvalue weighted by Crippen LogP contribution is 2.37. The highest BCUT2D eigenvalue weighted by molar-refractivity contribution is 7.10. The summed E-state index contributed by atoms with van der Waals surface area (Å²) >= 11 is 1.66. The smallest absolute Gasteiger partial charge is 0.136 e. The molecule has 120 valence electrons. The van der Waals surface area contributed by atoms with E-state index in [1.807, 2.05) is 19.1 Å². The Morgan fingerprint density at radius 2 is 2.04 bits per heavy atom. The van der Waals surface area contributed by atoms with Gasteiger partial charge in [0.1, 0.15) is 5.75 Å². The van der Waals surface area contributed by atoms with E-state index in [0.29, 0.717) is 0 Å². The normalized spacial score (nSPS) is 11.1. The van der Waals surface area contributed by atoms with Gasteiger partial charge in [-0.1, -0.05) is 30.3 Å². The van der Waals surface area contributed by atoms with Crippen LogP contribution in [0.3, 0.4) is 0 Å². The third kappa shape index (κ3) is 2.57. The zero-order valence-corrected chi connectivity index (χ0v) is 14.4. The summed E-state index contributed by atoms with van der Waals surface area (Å²) in [5.41, 5.74) is 4.11. The molecule has 4 aromatic rings. The molecule has 0 atom stereocenters. The highest BCUT2D eigenvalue weighted by Gasteiger charge is 2.14. The molecule has 0 bridgehead atoms. The van der Waals surface area contributed by atoms with Crippen molar-refractivity contribution in [2.24, 2.45) is 0 Å². The van der Waals surface area contributed by atoms with Crippen molar-refractivity contribution in [1.29, 1.82) is 0 Å². The molecule has 0 aliphatic rings. The maximum atomic E-state index is 5.69. The minimum atomic E-state index is 0.746. The number of aryl methyl sites for hydroxylation is 1. The van der Waals surface area contributed by atoms with Gasteiger partial charge in [-0.3, -0.25) is 0 Å². The minimum Gasteiger partial charge on any atom is -0.495 e. The van der Waals surface area contributed by atoms with Gasteiger partial charge < -0.3 is 9.72 Å². The topological polar surface area (TPSA) is 50.8 Å². The average Bonchev–Trinajstić information content (AvgIpc) is 3.24. The molecule has 2 heterocycles. The summed E-state index contributed by atoms with van der Waals surface area (Å²) < 4.78 is 5.69. The molecule has 0 unspecified atom stereocenters. The van der Waals surface area contributed by atoms with Crippen molar-refractivity contribution in [2.45, 2.75) is 13.3 Å². The molecule has 0 amide bonds. The lowest BCUT2D eigenvalue weighted by Crippen LogP contribution is -1.92. The van der Waals surface area contributed by atoms with E-state index < -0.39 is 0 Å². The van der Waals surface area contributed by atoms with Crippen molar-refractivity contribution in [3.8, 4) is 17.0 Å². The number of thiazole rings is 1. The van der Waals surface area contributed by atoms with E-state index in [-0.39, 0.29) is 0 Å². The number of hydrogen-bond acceptors (Lipinski definition) is 4. The Morgan fingerprint density at radius 3 is 2.83 bits per heavy atom. The highest BCUT2D eigenvalue weighted by atomic mass is 32.1. The van der Waals surface area contributed by atoms with E-state index >= 15 is 0 Å². The summed E-state index contributed by atoms with van der Waals surface area (Å²) in [4.78, 5) is 12.3. The van der Waals surface area contributed by atoms with Crippen LogP contribution in [0.1, 0.15) is 16.4 Å². The Hall–Kier alpha value is -2.66. The number of nitrogens with one attached hydrogen (secondary N) is 1.